The number of phenols is 1. The SMILES string of the molecule is CC(C)(C)N[C@H]1CC[C@H](OC(=O)Nc2cc(/C=C/CCOc3ccc(CCNC[C@H](O[Si](C)(C)C(C)(C)C)c4ccc(OCc5ccccc5)c5[nH]c(=O)ccc45)cc3)ccc2-c2ccccc2)CC1.CC(C)(C)[Si](C)(C)O[C@@H](CNCCc1ccc(OCCCCc2ccc(-c3ccccc3)c(NC(=O)O[C@H]3CC[C@H](N)CC3)c2)cc1)c1ccc(O)c2[nH]c(=O)ccc12. The fourth-order valence-electron chi connectivity index (χ4n) is 16.0. The monoisotopic (exact) mass is 1780 g/mol. The van der Waals surface area contributed by atoms with Crippen LogP contribution >= 0.6 is 0 Å². The second-order valence-corrected chi connectivity index (χ2v) is 48.0. The second kappa shape index (κ2) is 45.6. The molecular weight excluding hydrogens is 1650 g/mol. The quantitative estimate of drug-likeness (QED) is 0.0129. The van der Waals surface area contributed by atoms with Gasteiger partial charge in [-0.05, 0) is 271 Å². The Bertz CT molecular complexity index is 5580. The Morgan fingerprint density at radius 2 is 0.961 bits per heavy atom. The number of aromatic hydroxyl groups is 1. The third-order valence-electron chi connectivity index (χ3n) is 25.2. The molecule has 0 radical (unpaired) electrons. The molecule has 22 heteroatoms. The molecule has 2 amide bonds. The van der Waals surface area contributed by atoms with E-state index < -0.39 is 28.8 Å². The molecule has 684 valence electrons. The molecule has 2 aliphatic carbocycles. The summed E-state index contributed by atoms with van der Waals surface area (Å²) in [6.07, 6.45) is 14.8. The average molecular weight is 1780 g/mol. The van der Waals surface area contributed by atoms with Crippen molar-refractivity contribution in [3.8, 4) is 45.3 Å². The maximum atomic E-state index is 13.2. The molecule has 20 nitrogen and oxygen atoms in total. The molecule has 10 N–H and O–H groups in total. The summed E-state index contributed by atoms with van der Waals surface area (Å²) in [5, 5.41) is 29.3. The number of aromatic amines is 2. The molecule has 0 saturated heterocycles. The molecule has 9 aromatic carbocycles. The van der Waals surface area contributed by atoms with Crippen LogP contribution in [0.1, 0.15) is 184 Å². The van der Waals surface area contributed by atoms with Crippen molar-refractivity contribution in [3.63, 3.8) is 0 Å². The van der Waals surface area contributed by atoms with Gasteiger partial charge in [0.25, 0.3) is 0 Å². The number of pyridine rings is 2. The van der Waals surface area contributed by atoms with Gasteiger partial charge in [0.05, 0.1) is 47.8 Å². The van der Waals surface area contributed by atoms with Crippen molar-refractivity contribution in [1.29, 1.82) is 0 Å². The summed E-state index contributed by atoms with van der Waals surface area (Å²) in [6, 6.07) is 74.2. The van der Waals surface area contributed by atoms with Gasteiger partial charge in [-0.15, -0.1) is 0 Å². The molecule has 0 unspecified atom stereocenters. The summed E-state index contributed by atoms with van der Waals surface area (Å²) in [5.74, 6) is 2.35. The van der Waals surface area contributed by atoms with Crippen LogP contribution in [0.25, 0.3) is 50.1 Å². The lowest BCUT2D eigenvalue weighted by Crippen LogP contribution is -2.46. The van der Waals surface area contributed by atoms with Gasteiger partial charge >= 0.3 is 12.2 Å². The highest BCUT2D eigenvalue weighted by molar-refractivity contribution is 6.74. The van der Waals surface area contributed by atoms with Gasteiger partial charge < -0.3 is 69.3 Å². The van der Waals surface area contributed by atoms with Crippen LogP contribution in [0.3, 0.4) is 0 Å². The van der Waals surface area contributed by atoms with Crippen LogP contribution in [-0.2, 0) is 44.2 Å². The summed E-state index contributed by atoms with van der Waals surface area (Å²) in [7, 11) is -4.37. The third kappa shape index (κ3) is 29.0. The first-order valence-corrected chi connectivity index (χ1v) is 52.0. The van der Waals surface area contributed by atoms with Crippen molar-refractivity contribution in [3.05, 3.63) is 290 Å². The van der Waals surface area contributed by atoms with Crippen LogP contribution in [0.2, 0.25) is 36.3 Å². The number of H-pyrrole nitrogens is 2. The molecule has 2 aliphatic rings. The predicted octanol–water partition coefficient (Wildman–Crippen LogP) is 23.4. The Labute approximate surface area is 764 Å². The van der Waals surface area contributed by atoms with E-state index in [0.717, 1.165) is 187 Å². The molecule has 2 atom stereocenters. The number of unbranched alkanes of at least 4 members (excludes halogenated alkanes) is 1. The number of nitrogens with one attached hydrogen (secondary N) is 7. The molecule has 2 heterocycles. The van der Waals surface area contributed by atoms with Crippen LogP contribution in [-0.4, -0.2) is 113 Å². The Balaban J connectivity index is 0.000000237. The van der Waals surface area contributed by atoms with Crippen LogP contribution in [0.15, 0.2) is 240 Å². The fourth-order valence-corrected chi connectivity index (χ4v) is 18.6. The molecule has 0 spiro atoms. The van der Waals surface area contributed by atoms with E-state index in [0.29, 0.717) is 55.7 Å². The number of aromatic nitrogens is 2. The zero-order valence-corrected chi connectivity index (χ0v) is 79.8. The Morgan fingerprint density at radius 1 is 0.488 bits per heavy atom. The van der Waals surface area contributed by atoms with Gasteiger partial charge in [-0.2, -0.15) is 0 Å². The van der Waals surface area contributed by atoms with Gasteiger partial charge in [0.2, 0.25) is 11.1 Å². The van der Waals surface area contributed by atoms with E-state index in [4.69, 9.17) is 38.3 Å². The van der Waals surface area contributed by atoms with Crippen LogP contribution in [0.4, 0.5) is 21.0 Å². The Kier molecular flexibility index (Phi) is 34.3. The first-order valence-electron chi connectivity index (χ1n) is 46.2. The topological polar surface area (TPSA) is 271 Å². The number of amides is 2. The smallest absolute Gasteiger partial charge is 0.411 e. The lowest BCUT2D eigenvalue weighted by Gasteiger charge is -2.39. The number of carbonyl (C=O) groups excluding carboxylic acids is 2. The van der Waals surface area contributed by atoms with Gasteiger partial charge in [-0.1, -0.05) is 205 Å². The molecular formula is C107H136N8O12Si2. The minimum absolute atomic E-state index is 0.00718. The van der Waals surface area contributed by atoms with Crippen LogP contribution in [0.5, 0.6) is 23.0 Å². The zero-order valence-electron chi connectivity index (χ0n) is 77.8. The average Bonchev–Trinajstić information content (AvgIpc) is 0.782. The second-order valence-electron chi connectivity index (χ2n) is 38.5. The van der Waals surface area contributed by atoms with Crippen molar-refractivity contribution in [1.82, 2.24) is 25.9 Å². The molecule has 0 aliphatic heterocycles. The Hall–Kier alpha value is -10.9. The van der Waals surface area contributed by atoms with Gasteiger partial charge in [0.15, 0.2) is 16.6 Å². The number of nitrogens with two attached hydrogens (primary N) is 1. The van der Waals surface area contributed by atoms with Gasteiger partial charge in [0.1, 0.15) is 41.8 Å². The molecule has 2 saturated carbocycles. The highest BCUT2D eigenvalue weighted by Gasteiger charge is 2.42. The van der Waals surface area contributed by atoms with E-state index in [9.17, 15) is 24.3 Å². The maximum Gasteiger partial charge on any atom is 0.411 e. The van der Waals surface area contributed by atoms with Crippen LogP contribution in [0, 0.1) is 0 Å². The number of carbonyl (C=O) groups is 2. The highest BCUT2D eigenvalue weighted by atomic mass is 28.4. The van der Waals surface area contributed by atoms with Crippen molar-refractivity contribution in [2.45, 2.75) is 237 Å². The fraction of sp³-hybridized carbons (Fsp3) is 0.402. The number of benzene rings is 9. The standard InChI is InChI=1S/C59H74N4O6Si.C48H62N4O6Si/c1-58(2,3)63-46-25-29-48(30-26-46)68-57(65)61-52-39-43(24-31-49(52)45-20-13-10-14-21-45)17-15-16-38-66-47-27-22-42(23-28-47)36-37-60-40-54(69-70(7,8)59(4,5)6)50-32-34-53(56-51(50)33-35-55(64)62-56)67-41-44-18-11-9-12-19-44;1-48(2,3)59(4,5)58-44(40-24-26-43(53)46-41(40)25-27-45(54)52-46)32-50-29-28-33-14-19-37(20-15-33)56-30-10-9-11-34-16-23-39(35-12-7-6-8-13-35)42(31-34)51-47(55)57-38-21-17-36(49)18-22-38/h9-15,17-24,27-28,31-35,39,46,48,54,60,63H,16,25-26,29-30,36-38,40-41H2,1-8H3,(H,61,65)(H,62,64);6-8,12-16,19-20,23-27,31,36,38,44,50,53H,9-11,17-18,21-22,28-30,32,49H2,1-5H3,(H,51,55)(H,52,54)/b17-15+;/t46-,48-,54-;36-,38-,44-/m00/s1. The lowest BCUT2D eigenvalue weighted by atomic mass is 9.91. The minimum atomic E-state index is -2.20. The zero-order chi connectivity index (χ0) is 91.7. The molecule has 0 bridgehead atoms. The number of aryl methyl sites for hydroxylation is 1. The number of hydrogen-bond donors (Lipinski definition) is 9. The van der Waals surface area contributed by atoms with Gasteiger partial charge in [-0.3, -0.25) is 20.2 Å². The van der Waals surface area contributed by atoms with E-state index in [-0.39, 0.29) is 62.9 Å². The molecule has 11 aromatic rings. The van der Waals surface area contributed by atoms with Crippen molar-refractivity contribution in [2.75, 3.05) is 50.0 Å². The number of rotatable bonds is 37. The van der Waals surface area contributed by atoms with E-state index in [2.05, 4.69) is 198 Å². The molecule has 2 aromatic heterocycles. The van der Waals surface area contributed by atoms with E-state index in [1.165, 1.54) is 17.2 Å². The summed E-state index contributed by atoms with van der Waals surface area (Å²) in [5.41, 5.74) is 19.8. The number of hydrogen-bond acceptors (Lipinski definition) is 16. The lowest BCUT2D eigenvalue weighted by molar-refractivity contribution is 0.0761. The highest BCUT2D eigenvalue weighted by Crippen LogP contribution is 2.44. The Morgan fingerprint density at radius 3 is 1.49 bits per heavy atom. The number of anilines is 2. The molecule has 129 heavy (non-hydrogen) atoms. The first-order chi connectivity index (χ1) is 61.7. The van der Waals surface area contributed by atoms with Crippen molar-refractivity contribution < 1.29 is 47.2 Å². The normalized spacial score (nSPS) is 16.2. The van der Waals surface area contributed by atoms with Crippen molar-refractivity contribution >= 4 is 68.1 Å². The summed E-state index contributed by atoms with van der Waals surface area (Å²) in [6.45, 7) is 33.3. The van der Waals surface area contributed by atoms with Gasteiger partial charge in [-0.25, -0.2) is 9.59 Å². The molecule has 13 rings (SSSR count). The van der Waals surface area contributed by atoms with E-state index >= 15 is 0 Å². The summed E-state index contributed by atoms with van der Waals surface area (Å²) in [4.78, 5) is 56.8. The third-order valence-corrected chi connectivity index (χ3v) is 34.2. The van der Waals surface area contributed by atoms with Gasteiger partial charge in [0, 0.05) is 64.7 Å². The number of phenolic OH excluding ortho intramolecular Hbond substituents is 1. The summed E-state index contributed by atoms with van der Waals surface area (Å²) >= 11 is 0. The predicted molar refractivity (Wildman–Crippen MR) is 530 cm³/mol. The number of ether oxygens (including phenoxy) is 5. The minimum Gasteiger partial charge on any atom is -0.506 e. The molecule has 2 fully saturated rings. The van der Waals surface area contributed by atoms with E-state index in [1.807, 2.05) is 140 Å². The largest absolute Gasteiger partial charge is 0.506 e. The first kappa shape index (κ1) is 97.1. The maximum absolute atomic E-state index is 13.2. The van der Waals surface area contributed by atoms with Crippen LogP contribution < -0.4 is 57.6 Å². The van der Waals surface area contributed by atoms with E-state index in [1.54, 1.807) is 18.2 Å². The summed E-state index contributed by atoms with van der Waals surface area (Å²) < 4.78 is 44.3. The number of fused-ring (bicyclic) bond motifs is 2. The van der Waals surface area contributed by atoms with Crippen molar-refractivity contribution in [2.24, 2.45) is 5.73 Å².